The summed E-state index contributed by atoms with van der Waals surface area (Å²) in [6.45, 7) is 3.17. The second-order valence-electron chi connectivity index (χ2n) is 8.99. The van der Waals surface area contributed by atoms with Gasteiger partial charge in [-0.3, -0.25) is 9.59 Å². The number of hydrogen-bond acceptors (Lipinski definition) is 8. The topological polar surface area (TPSA) is 116 Å². The molecule has 2 aliphatic rings. The van der Waals surface area contributed by atoms with Crippen molar-refractivity contribution in [2.75, 3.05) is 36.5 Å². The monoisotopic (exact) mass is 531 g/mol. The molecule has 4 rings (SSSR count). The molecule has 2 aliphatic heterocycles. The van der Waals surface area contributed by atoms with E-state index < -0.39 is 41.6 Å². The molecule has 2 saturated heterocycles. The van der Waals surface area contributed by atoms with E-state index >= 15 is 0 Å². The minimum Gasteiger partial charge on any atom is -0.378 e. The molecule has 2 fully saturated rings. The Morgan fingerprint density at radius 1 is 1.11 bits per heavy atom. The average Bonchev–Trinajstić information content (AvgIpc) is 3.22. The zero-order chi connectivity index (χ0) is 26.7. The molecular weight excluding hydrogens is 505 g/mol. The number of aromatic amines is 1. The molecule has 0 aromatic carbocycles. The van der Waals surface area contributed by atoms with E-state index in [1.807, 2.05) is 4.90 Å². The number of carbonyl (C=O) groups excluding carboxylic acids is 1. The highest BCUT2D eigenvalue weighted by molar-refractivity contribution is 5.83. The Hall–Kier alpha value is -3.36. The Kier molecular flexibility index (Phi) is 7.90. The number of halogens is 5. The van der Waals surface area contributed by atoms with Crippen molar-refractivity contribution in [2.45, 2.75) is 57.0 Å². The molecule has 0 radical (unpaired) electrons. The van der Waals surface area contributed by atoms with E-state index in [-0.39, 0.29) is 24.2 Å². The summed E-state index contributed by atoms with van der Waals surface area (Å²) in [5.41, 5.74) is -3.57. The SMILES string of the molecule is C[C@@H](CO[C@@H]1CCN(C2CCN(c3cnc(C(F)F)cn3)CC2)C1=O)Nc1cn[nH]c(=O)c1C(F)(F)F. The lowest BCUT2D eigenvalue weighted by Gasteiger charge is -2.37. The van der Waals surface area contributed by atoms with Gasteiger partial charge in [-0.25, -0.2) is 23.8 Å². The van der Waals surface area contributed by atoms with Crippen molar-refractivity contribution in [3.05, 3.63) is 40.2 Å². The van der Waals surface area contributed by atoms with Crippen LogP contribution in [0, 0.1) is 0 Å². The van der Waals surface area contributed by atoms with Gasteiger partial charge in [-0.05, 0) is 19.8 Å². The van der Waals surface area contributed by atoms with Gasteiger partial charge in [-0.1, -0.05) is 0 Å². The van der Waals surface area contributed by atoms with E-state index in [9.17, 15) is 31.5 Å². The molecule has 4 heterocycles. The number of aromatic nitrogens is 4. The van der Waals surface area contributed by atoms with Crippen LogP contribution in [0.3, 0.4) is 0 Å². The molecule has 0 bridgehead atoms. The zero-order valence-electron chi connectivity index (χ0n) is 19.8. The predicted octanol–water partition coefficient (Wildman–Crippen LogP) is 2.60. The number of nitrogens with zero attached hydrogens (tertiary/aromatic N) is 5. The van der Waals surface area contributed by atoms with Crippen LogP contribution in [0.5, 0.6) is 0 Å². The van der Waals surface area contributed by atoms with E-state index in [2.05, 4.69) is 20.4 Å². The Morgan fingerprint density at radius 3 is 2.46 bits per heavy atom. The number of rotatable bonds is 8. The van der Waals surface area contributed by atoms with Crippen LogP contribution < -0.4 is 15.8 Å². The van der Waals surface area contributed by atoms with Crippen LogP contribution in [0.25, 0.3) is 0 Å². The minimum absolute atomic E-state index is 0.0161. The number of nitrogens with one attached hydrogen (secondary N) is 2. The van der Waals surface area contributed by atoms with Gasteiger partial charge in [0.25, 0.3) is 17.9 Å². The summed E-state index contributed by atoms with van der Waals surface area (Å²) in [6, 6.07) is -0.648. The third-order valence-corrected chi connectivity index (χ3v) is 6.39. The van der Waals surface area contributed by atoms with E-state index in [1.165, 1.54) is 6.20 Å². The summed E-state index contributed by atoms with van der Waals surface area (Å²) in [7, 11) is 0. The third-order valence-electron chi connectivity index (χ3n) is 6.39. The molecule has 202 valence electrons. The maximum atomic E-state index is 13.2. The number of alkyl halides is 5. The molecule has 2 aromatic heterocycles. The first-order valence-corrected chi connectivity index (χ1v) is 11.7. The maximum Gasteiger partial charge on any atom is 0.423 e. The maximum absolute atomic E-state index is 13.2. The second kappa shape index (κ2) is 10.9. The highest BCUT2D eigenvalue weighted by atomic mass is 19.4. The van der Waals surface area contributed by atoms with Crippen LogP contribution in [-0.2, 0) is 15.7 Å². The highest BCUT2D eigenvalue weighted by Crippen LogP contribution is 2.32. The Labute approximate surface area is 208 Å². The quantitative estimate of drug-likeness (QED) is 0.500. The molecule has 1 amide bonds. The second-order valence-corrected chi connectivity index (χ2v) is 8.99. The fourth-order valence-electron chi connectivity index (χ4n) is 4.56. The number of piperidine rings is 1. The van der Waals surface area contributed by atoms with Gasteiger partial charge in [0.2, 0.25) is 0 Å². The molecule has 37 heavy (non-hydrogen) atoms. The molecule has 0 aliphatic carbocycles. The van der Waals surface area contributed by atoms with Gasteiger partial charge in [0.05, 0.1) is 30.9 Å². The van der Waals surface area contributed by atoms with E-state index in [1.54, 1.807) is 16.9 Å². The van der Waals surface area contributed by atoms with Crippen molar-refractivity contribution in [3.8, 4) is 0 Å². The smallest absolute Gasteiger partial charge is 0.378 e. The normalized spacial score (nSPS) is 20.1. The molecule has 15 heteroatoms. The van der Waals surface area contributed by atoms with Crippen LogP contribution in [0.2, 0.25) is 0 Å². The highest BCUT2D eigenvalue weighted by Gasteiger charge is 2.39. The standard InChI is InChI=1S/C22H26F5N7O3/c1-12(31-14-9-30-32-20(35)18(14)22(25,26)27)11-37-16-4-7-34(21(16)36)13-2-5-33(6-3-13)17-10-28-15(8-29-17)19(23)24/h8-10,12-13,16,19H,2-7,11H2,1H3,(H2,31,32,35)/t12-,16+/m0/s1. The number of likely N-dealkylation sites (tertiary alicyclic amines) is 1. The van der Waals surface area contributed by atoms with Gasteiger partial charge < -0.3 is 19.9 Å². The van der Waals surface area contributed by atoms with Gasteiger partial charge in [0, 0.05) is 38.1 Å². The lowest BCUT2D eigenvalue weighted by atomic mass is 10.0. The zero-order valence-corrected chi connectivity index (χ0v) is 19.8. The molecule has 2 N–H and O–H groups in total. The molecule has 0 unspecified atom stereocenters. The summed E-state index contributed by atoms with van der Waals surface area (Å²) < 4.78 is 70.7. The summed E-state index contributed by atoms with van der Waals surface area (Å²) in [6.07, 6.45) is -3.23. The molecule has 0 saturated carbocycles. The molecule has 10 nitrogen and oxygen atoms in total. The van der Waals surface area contributed by atoms with Crippen LogP contribution in [0.15, 0.2) is 23.4 Å². The lowest BCUT2D eigenvalue weighted by Crippen LogP contribution is -2.47. The Bertz CT molecular complexity index is 1140. The minimum atomic E-state index is -4.86. The predicted molar refractivity (Wildman–Crippen MR) is 121 cm³/mol. The summed E-state index contributed by atoms with van der Waals surface area (Å²) >= 11 is 0. The van der Waals surface area contributed by atoms with Crippen molar-refractivity contribution < 1.29 is 31.5 Å². The molecular formula is C22H26F5N7O3. The van der Waals surface area contributed by atoms with Gasteiger partial charge >= 0.3 is 6.18 Å². The first-order valence-electron chi connectivity index (χ1n) is 11.7. The number of ether oxygens (including phenoxy) is 1. The van der Waals surface area contributed by atoms with E-state index in [0.717, 1.165) is 12.4 Å². The molecule has 0 spiro atoms. The van der Waals surface area contributed by atoms with Crippen molar-refractivity contribution in [2.24, 2.45) is 0 Å². The number of hydrogen-bond donors (Lipinski definition) is 2. The third kappa shape index (κ3) is 6.14. The fraction of sp³-hybridized carbons (Fsp3) is 0.591. The van der Waals surface area contributed by atoms with Crippen molar-refractivity contribution in [3.63, 3.8) is 0 Å². The Balaban J connectivity index is 1.27. The number of carbonyl (C=O) groups is 1. The van der Waals surface area contributed by atoms with Crippen molar-refractivity contribution in [1.82, 2.24) is 25.1 Å². The van der Waals surface area contributed by atoms with Gasteiger partial charge in [-0.15, -0.1) is 0 Å². The fourth-order valence-corrected chi connectivity index (χ4v) is 4.56. The van der Waals surface area contributed by atoms with Gasteiger partial charge in [0.1, 0.15) is 23.2 Å². The van der Waals surface area contributed by atoms with Crippen molar-refractivity contribution >= 4 is 17.4 Å². The molecule has 2 atom stereocenters. The summed E-state index contributed by atoms with van der Waals surface area (Å²) in [5, 5.41) is 7.78. The summed E-state index contributed by atoms with van der Waals surface area (Å²) in [5.74, 6) is 0.322. The van der Waals surface area contributed by atoms with Crippen LogP contribution >= 0.6 is 0 Å². The van der Waals surface area contributed by atoms with Crippen LogP contribution in [0.1, 0.15) is 43.9 Å². The number of anilines is 2. The first-order chi connectivity index (χ1) is 17.5. The van der Waals surface area contributed by atoms with Gasteiger partial charge in [-0.2, -0.15) is 18.3 Å². The van der Waals surface area contributed by atoms with Crippen LogP contribution in [0.4, 0.5) is 33.5 Å². The Morgan fingerprint density at radius 2 is 1.84 bits per heavy atom. The van der Waals surface area contributed by atoms with Gasteiger partial charge in [0.15, 0.2) is 0 Å². The largest absolute Gasteiger partial charge is 0.423 e. The van der Waals surface area contributed by atoms with E-state index in [0.29, 0.717) is 44.7 Å². The number of amides is 1. The lowest BCUT2D eigenvalue weighted by molar-refractivity contribution is -0.139. The number of H-pyrrole nitrogens is 1. The van der Waals surface area contributed by atoms with Crippen molar-refractivity contribution in [1.29, 1.82) is 0 Å². The first kappa shape index (κ1) is 26.7. The average molecular weight is 531 g/mol. The van der Waals surface area contributed by atoms with Crippen LogP contribution in [-0.4, -0.2) is 75.4 Å². The van der Waals surface area contributed by atoms with E-state index in [4.69, 9.17) is 4.74 Å². The summed E-state index contributed by atoms with van der Waals surface area (Å²) in [4.78, 5) is 36.0. The molecule has 2 aromatic rings.